The predicted molar refractivity (Wildman–Crippen MR) is 99.6 cm³/mol. The third-order valence-electron chi connectivity index (χ3n) is 3.90. The van der Waals surface area contributed by atoms with Crippen molar-refractivity contribution in [2.45, 2.75) is 12.3 Å². The van der Waals surface area contributed by atoms with Crippen LogP contribution in [0.5, 0.6) is 5.75 Å². The Morgan fingerprint density at radius 2 is 2.12 bits per heavy atom. The van der Waals surface area contributed by atoms with Crippen LogP contribution in [0.2, 0.25) is 5.02 Å². The van der Waals surface area contributed by atoms with Crippen LogP contribution in [0.25, 0.3) is 11.1 Å². The molecule has 0 aliphatic carbocycles. The van der Waals surface area contributed by atoms with Crippen LogP contribution in [0.15, 0.2) is 54.0 Å². The third kappa shape index (κ3) is 3.83. The summed E-state index contributed by atoms with van der Waals surface area (Å²) in [6, 6.07) is 13.3. The smallest absolute Gasteiger partial charge is 0.304 e. The van der Waals surface area contributed by atoms with Crippen LogP contribution < -0.4 is 4.74 Å². The maximum Gasteiger partial charge on any atom is 0.304 e. The number of aliphatic carboxylic acids is 1. The number of hydrogen-bond donors (Lipinski definition) is 1. The van der Waals surface area contributed by atoms with Gasteiger partial charge in [0.25, 0.3) is 0 Å². The van der Waals surface area contributed by atoms with E-state index in [0.717, 1.165) is 21.7 Å². The minimum atomic E-state index is -0.856. The van der Waals surface area contributed by atoms with Gasteiger partial charge < -0.3 is 9.84 Å². The Labute approximate surface area is 154 Å². The van der Waals surface area contributed by atoms with Crippen molar-refractivity contribution < 1.29 is 14.6 Å². The summed E-state index contributed by atoms with van der Waals surface area (Å²) in [5, 5.41) is 12.5. The van der Waals surface area contributed by atoms with Crippen molar-refractivity contribution in [3.63, 3.8) is 0 Å². The average molecular weight is 374 g/mol. The monoisotopic (exact) mass is 373 g/mol. The van der Waals surface area contributed by atoms with Gasteiger partial charge in [-0.15, -0.1) is 11.3 Å². The van der Waals surface area contributed by atoms with E-state index in [2.05, 4.69) is 4.98 Å². The van der Waals surface area contributed by atoms with Crippen molar-refractivity contribution in [2.24, 2.45) is 0 Å². The molecule has 3 rings (SSSR count). The van der Waals surface area contributed by atoms with Gasteiger partial charge in [-0.2, -0.15) is 0 Å². The molecule has 0 aliphatic rings. The fourth-order valence-corrected chi connectivity index (χ4v) is 3.81. The Morgan fingerprint density at radius 1 is 1.32 bits per heavy atom. The number of thiazole rings is 1. The number of carboxylic acid groups (broad SMARTS) is 1. The van der Waals surface area contributed by atoms with Gasteiger partial charge in [-0.3, -0.25) is 4.79 Å². The van der Waals surface area contributed by atoms with Gasteiger partial charge >= 0.3 is 5.97 Å². The summed E-state index contributed by atoms with van der Waals surface area (Å²) in [7, 11) is 1.58. The van der Waals surface area contributed by atoms with Crippen molar-refractivity contribution in [3.05, 3.63) is 69.6 Å². The number of methoxy groups -OCH3 is 1. The number of benzene rings is 2. The molecule has 0 amide bonds. The van der Waals surface area contributed by atoms with E-state index in [4.69, 9.17) is 16.3 Å². The summed E-state index contributed by atoms with van der Waals surface area (Å²) in [5.74, 6) is -0.543. The van der Waals surface area contributed by atoms with Crippen molar-refractivity contribution in [1.82, 2.24) is 4.98 Å². The van der Waals surface area contributed by atoms with E-state index >= 15 is 0 Å². The summed E-state index contributed by atoms with van der Waals surface area (Å²) in [4.78, 5) is 15.6. The first-order chi connectivity index (χ1) is 12.1. The number of para-hydroxylation sites is 1. The highest BCUT2D eigenvalue weighted by molar-refractivity contribution is 7.09. The first-order valence-electron chi connectivity index (χ1n) is 7.64. The molecule has 1 atom stereocenters. The summed E-state index contributed by atoms with van der Waals surface area (Å²) >= 11 is 7.68. The lowest BCUT2D eigenvalue weighted by molar-refractivity contribution is -0.137. The topological polar surface area (TPSA) is 59.4 Å². The van der Waals surface area contributed by atoms with Gasteiger partial charge in [-0.25, -0.2) is 4.98 Å². The van der Waals surface area contributed by atoms with E-state index in [1.807, 2.05) is 41.8 Å². The van der Waals surface area contributed by atoms with E-state index in [1.165, 1.54) is 11.3 Å². The largest absolute Gasteiger partial charge is 0.495 e. The molecule has 1 heterocycles. The number of hydrogen-bond acceptors (Lipinski definition) is 4. The second-order valence-corrected chi connectivity index (χ2v) is 6.80. The highest BCUT2D eigenvalue weighted by atomic mass is 35.5. The van der Waals surface area contributed by atoms with E-state index < -0.39 is 5.97 Å². The lowest BCUT2D eigenvalue weighted by atomic mass is 9.93. The zero-order chi connectivity index (χ0) is 17.8. The fraction of sp³-hybridized carbons (Fsp3) is 0.158. The number of aromatic nitrogens is 1. The molecule has 0 aliphatic heterocycles. The molecule has 1 N–H and O–H groups in total. The molecular formula is C19H16ClNO3S. The summed E-state index contributed by atoms with van der Waals surface area (Å²) in [5.41, 5.74) is 2.69. The molecule has 128 valence electrons. The van der Waals surface area contributed by atoms with Gasteiger partial charge in [0, 0.05) is 23.1 Å². The molecule has 2 aromatic carbocycles. The van der Waals surface area contributed by atoms with Crippen LogP contribution in [0, 0.1) is 0 Å². The Bertz CT molecular complexity index is 880. The highest BCUT2D eigenvalue weighted by Gasteiger charge is 2.21. The average Bonchev–Trinajstić information content (AvgIpc) is 3.13. The van der Waals surface area contributed by atoms with Crippen LogP contribution >= 0.6 is 22.9 Å². The SMILES string of the molecule is COc1c(Cl)cccc1-c1cccc(C(CC(=O)O)c2nccs2)c1. The van der Waals surface area contributed by atoms with E-state index in [1.54, 1.807) is 19.4 Å². The molecular weight excluding hydrogens is 358 g/mol. The van der Waals surface area contributed by atoms with Crippen molar-refractivity contribution in [2.75, 3.05) is 7.11 Å². The number of rotatable bonds is 6. The molecule has 0 fully saturated rings. The number of carboxylic acids is 1. The van der Waals surface area contributed by atoms with E-state index in [0.29, 0.717) is 10.8 Å². The van der Waals surface area contributed by atoms with Gasteiger partial charge in [-0.1, -0.05) is 48.0 Å². The van der Waals surface area contributed by atoms with Crippen molar-refractivity contribution in [1.29, 1.82) is 0 Å². The first-order valence-corrected chi connectivity index (χ1v) is 8.90. The Morgan fingerprint density at radius 3 is 2.80 bits per heavy atom. The van der Waals surface area contributed by atoms with Gasteiger partial charge in [0.2, 0.25) is 0 Å². The normalized spacial score (nSPS) is 11.9. The Hall–Kier alpha value is -2.37. The summed E-state index contributed by atoms with van der Waals surface area (Å²) < 4.78 is 5.43. The van der Waals surface area contributed by atoms with Gasteiger partial charge in [0.1, 0.15) is 10.8 Å². The molecule has 0 radical (unpaired) electrons. The number of carbonyl (C=O) groups is 1. The second-order valence-electron chi connectivity index (χ2n) is 5.47. The molecule has 0 bridgehead atoms. The van der Waals surface area contributed by atoms with Gasteiger partial charge in [-0.05, 0) is 17.2 Å². The minimum Gasteiger partial charge on any atom is -0.495 e. The van der Waals surface area contributed by atoms with E-state index in [-0.39, 0.29) is 12.3 Å². The molecule has 4 nitrogen and oxygen atoms in total. The van der Waals surface area contributed by atoms with Crippen LogP contribution in [0.4, 0.5) is 0 Å². The fourth-order valence-electron chi connectivity index (χ4n) is 2.80. The van der Waals surface area contributed by atoms with Crippen LogP contribution in [-0.2, 0) is 4.79 Å². The van der Waals surface area contributed by atoms with Crippen molar-refractivity contribution >= 4 is 28.9 Å². The Balaban J connectivity index is 2.06. The van der Waals surface area contributed by atoms with Gasteiger partial charge in [0.05, 0.1) is 18.6 Å². The standard InChI is InChI=1S/C19H16ClNO3S/c1-24-18-14(6-3-7-16(18)20)12-4-2-5-13(10-12)15(11-17(22)23)19-21-8-9-25-19/h2-10,15H,11H2,1H3,(H,22,23). The molecule has 25 heavy (non-hydrogen) atoms. The quantitative estimate of drug-likeness (QED) is 0.654. The van der Waals surface area contributed by atoms with Crippen LogP contribution in [-0.4, -0.2) is 23.2 Å². The number of halogens is 1. The number of nitrogens with zero attached hydrogens (tertiary/aromatic N) is 1. The molecule has 1 aromatic heterocycles. The Kier molecular flexibility index (Phi) is 5.36. The molecule has 0 saturated carbocycles. The number of ether oxygens (including phenoxy) is 1. The molecule has 3 aromatic rings. The highest BCUT2D eigenvalue weighted by Crippen LogP contribution is 2.38. The van der Waals surface area contributed by atoms with Crippen molar-refractivity contribution in [3.8, 4) is 16.9 Å². The minimum absolute atomic E-state index is 0.0103. The molecule has 0 saturated heterocycles. The first kappa shape index (κ1) is 17.5. The third-order valence-corrected chi connectivity index (χ3v) is 5.09. The zero-order valence-corrected chi connectivity index (χ0v) is 15.1. The molecule has 6 heteroatoms. The van der Waals surface area contributed by atoms with Crippen LogP contribution in [0.1, 0.15) is 22.9 Å². The predicted octanol–water partition coefficient (Wildman–Crippen LogP) is 5.08. The summed E-state index contributed by atoms with van der Waals surface area (Å²) in [6.45, 7) is 0. The summed E-state index contributed by atoms with van der Waals surface area (Å²) in [6.07, 6.45) is 1.68. The molecule has 1 unspecified atom stereocenters. The van der Waals surface area contributed by atoms with E-state index in [9.17, 15) is 9.90 Å². The lowest BCUT2D eigenvalue weighted by Crippen LogP contribution is -2.07. The lowest BCUT2D eigenvalue weighted by Gasteiger charge is -2.15. The second kappa shape index (κ2) is 7.68. The van der Waals surface area contributed by atoms with Gasteiger partial charge in [0.15, 0.2) is 0 Å². The molecule has 0 spiro atoms. The van der Waals surface area contributed by atoms with Crippen LogP contribution in [0.3, 0.4) is 0 Å². The zero-order valence-electron chi connectivity index (χ0n) is 13.5. The maximum atomic E-state index is 11.3. The maximum absolute atomic E-state index is 11.3.